The first-order chi connectivity index (χ1) is 17.9. The van der Waals surface area contributed by atoms with E-state index in [4.69, 9.17) is 4.74 Å². The molecule has 3 aromatic heterocycles. The van der Waals surface area contributed by atoms with Crippen molar-refractivity contribution in [2.24, 2.45) is 0 Å². The van der Waals surface area contributed by atoms with Crippen LogP contribution >= 0.6 is 0 Å². The third-order valence-electron chi connectivity index (χ3n) is 7.28. The van der Waals surface area contributed by atoms with E-state index in [1.165, 1.54) is 19.2 Å². The Balaban J connectivity index is 1.39. The van der Waals surface area contributed by atoms with Gasteiger partial charge >= 0.3 is 0 Å². The summed E-state index contributed by atoms with van der Waals surface area (Å²) in [5.41, 5.74) is 2.33. The molecule has 37 heavy (non-hydrogen) atoms. The standard InChI is InChI=1S/C27H28F2N6O2/c1-16-9-21(28)19(26(36)33-18-3-4-18)10-22(16)35-14-17(12-32-35)23-13-31-25-11-24(37-2)20(15-34(23)25)27(29)5-7-30-8-6-27/h9-15,18,30H,3-8H2,1-2H3,(H,33,36). The van der Waals surface area contributed by atoms with E-state index < -0.39 is 17.4 Å². The summed E-state index contributed by atoms with van der Waals surface area (Å²) in [7, 11) is 1.54. The molecule has 1 amide bonds. The van der Waals surface area contributed by atoms with Gasteiger partial charge < -0.3 is 15.4 Å². The number of alkyl halides is 1. The van der Waals surface area contributed by atoms with Crippen LogP contribution in [0.3, 0.4) is 0 Å². The van der Waals surface area contributed by atoms with Crippen molar-refractivity contribution in [2.45, 2.75) is 44.3 Å². The summed E-state index contributed by atoms with van der Waals surface area (Å²) in [6.45, 7) is 2.96. The van der Waals surface area contributed by atoms with Gasteiger partial charge in [-0.05, 0) is 63.4 Å². The van der Waals surface area contributed by atoms with Crippen LogP contribution in [0.2, 0.25) is 0 Å². The van der Waals surface area contributed by atoms with Crippen molar-refractivity contribution in [3.8, 4) is 22.7 Å². The van der Waals surface area contributed by atoms with Gasteiger partial charge in [0.1, 0.15) is 22.9 Å². The maximum absolute atomic E-state index is 16.0. The number of aryl methyl sites for hydroxylation is 1. The second-order valence-corrected chi connectivity index (χ2v) is 9.88. The second-order valence-electron chi connectivity index (χ2n) is 9.88. The van der Waals surface area contributed by atoms with Crippen molar-refractivity contribution in [1.29, 1.82) is 0 Å². The molecule has 1 saturated carbocycles. The lowest BCUT2D eigenvalue weighted by atomic mass is 9.87. The van der Waals surface area contributed by atoms with Crippen LogP contribution in [0.5, 0.6) is 5.75 Å². The van der Waals surface area contributed by atoms with Gasteiger partial charge in [0.2, 0.25) is 0 Å². The number of hydrogen-bond acceptors (Lipinski definition) is 5. The van der Waals surface area contributed by atoms with E-state index in [0.717, 1.165) is 24.1 Å². The summed E-state index contributed by atoms with van der Waals surface area (Å²) in [6, 6.07) is 4.76. The van der Waals surface area contributed by atoms with Gasteiger partial charge in [-0.15, -0.1) is 0 Å². The Labute approximate surface area is 212 Å². The second kappa shape index (κ2) is 8.95. The Morgan fingerprint density at radius 1 is 1.19 bits per heavy atom. The molecule has 0 atom stereocenters. The molecule has 192 valence electrons. The number of amides is 1. The third-order valence-corrected chi connectivity index (χ3v) is 7.28. The number of imidazole rings is 1. The summed E-state index contributed by atoms with van der Waals surface area (Å²) < 4.78 is 39.6. The average Bonchev–Trinajstić information content (AvgIpc) is 3.40. The highest BCUT2D eigenvalue weighted by atomic mass is 19.1. The van der Waals surface area contributed by atoms with Gasteiger partial charge in [0.25, 0.3) is 5.91 Å². The van der Waals surface area contributed by atoms with E-state index in [9.17, 15) is 9.18 Å². The van der Waals surface area contributed by atoms with E-state index in [1.807, 2.05) is 4.40 Å². The number of methoxy groups -OCH3 is 1. The molecule has 8 nitrogen and oxygen atoms in total. The smallest absolute Gasteiger partial charge is 0.254 e. The Kier molecular flexibility index (Phi) is 5.71. The zero-order chi connectivity index (χ0) is 25.7. The van der Waals surface area contributed by atoms with Crippen LogP contribution in [0.4, 0.5) is 8.78 Å². The molecule has 1 aliphatic carbocycles. The minimum atomic E-state index is -1.50. The van der Waals surface area contributed by atoms with Crippen molar-refractivity contribution in [3.63, 3.8) is 0 Å². The van der Waals surface area contributed by atoms with Gasteiger partial charge in [-0.3, -0.25) is 9.20 Å². The van der Waals surface area contributed by atoms with E-state index in [1.54, 1.807) is 42.5 Å². The number of nitrogens with zero attached hydrogens (tertiary/aromatic N) is 4. The molecule has 1 aliphatic heterocycles. The molecule has 2 fully saturated rings. The minimum Gasteiger partial charge on any atom is -0.496 e. The Bertz CT molecular complexity index is 1500. The fraction of sp³-hybridized carbons (Fsp3) is 0.370. The van der Waals surface area contributed by atoms with Crippen molar-refractivity contribution < 1.29 is 18.3 Å². The lowest BCUT2D eigenvalue weighted by Crippen LogP contribution is -2.37. The SMILES string of the molecule is COc1cc2ncc(-c3cnn(-c4cc(C(=O)NC5CC5)c(F)cc4C)c3)n2cc1C1(F)CCNCC1. The van der Waals surface area contributed by atoms with Crippen LogP contribution < -0.4 is 15.4 Å². The summed E-state index contributed by atoms with van der Waals surface area (Å²) >= 11 is 0. The quantitative estimate of drug-likeness (QED) is 0.412. The fourth-order valence-electron chi connectivity index (χ4n) is 4.98. The molecule has 10 heteroatoms. The number of hydrogen-bond donors (Lipinski definition) is 2. The number of aromatic nitrogens is 4. The molecular weight excluding hydrogens is 478 g/mol. The number of carbonyl (C=O) groups excluding carboxylic acids is 1. The lowest BCUT2D eigenvalue weighted by Gasteiger charge is -2.31. The van der Waals surface area contributed by atoms with Gasteiger partial charge in [0.05, 0.1) is 36.4 Å². The first-order valence-electron chi connectivity index (χ1n) is 12.5. The Morgan fingerprint density at radius 3 is 2.70 bits per heavy atom. The van der Waals surface area contributed by atoms with Gasteiger partial charge in [-0.25, -0.2) is 18.4 Å². The summed E-state index contributed by atoms with van der Waals surface area (Å²) in [4.78, 5) is 17.1. The minimum absolute atomic E-state index is 0.00805. The first kappa shape index (κ1) is 23.6. The van der Waals surface area contributed by atoms with Gasteiger partial charge in [-0.1, -0.05) is 0 Å². The average molecular weight is 507 g/mol. The fourth-order valence-corrected chi connectivity index (χ4v) is 4.98. The van der Waals surface area contributed by atoms with Gasteiger partial charge in [0.15, 0.2) is 0 Å². The molecule has 1 aromatic carbocycles. The molecule has 4 aromatic rings. The maximum Gasteiger partial charge on any atom is 0.254 e. The highest BCUT2D eigenvalue weighted by Crippen LogP contribution is 2.41. The van der Waals surface area contributed by atoms with Crippen LogP contribution in [0, 0.1) is 12.7 Å². The number of ether oxygens (including phenoxy) is 1. The largest absolute Gasteiger partial charge is 0.496 e. The normalized spacial score (nSPS) is 17.2. The number of nitrogens with one attached hydrogen (secondary N) is 2. The Morgan fingerprint density at radius 2 is 1.97 bits per heavy atom. The van der Waals surface area contributed by atoms with Crippen LogP contribution in [-0.4, -0.2) is 51.3 Å². The van der Waals surface area contributed by atoms with E-state index in [0.29, 0.717) is 54.1 Å². The van der Waals surface area contributed by atoms with Crippen molar-refractivity contribution in [2.75, 3.05) is 20.2 Å². The summed E-state index contributed by atoms with van der Waals surface area (Å²) in [6.07, 6.45) is 9.50. The highest BCUT2D eigenvalue weighted by Gasteiger charge is 2.37. The van der Waals surface area contributed by atoms with Crippen molar-refractivity contribution in [3.05, 3.63) is 65.5 Å². The molecule has 0 unspecified atom stereocenters. The maximum atomic E-state index is 16.0. The molecule has 2 N–H and O–H groups in total. The number of halogens is 2. The van der Waals surface area contributed by atoms with Crippen molar-refractivity contribution >= 4 is 11.6 Å². The zero-order valence-electron chi connectivity index (χ0n) is 20.7. The lowest BCUT2D eigenvalue weighted by molar-refractivity contribution is 0.0947. The van der Waals surface area contributed by atoms with Crippen LogP contribution in [0.15, 0.2) is 43.0 Å². The monoisotopic (exact) mass is 506 g/mol. The molecule has 0 bridgehead atoms. The van der Waals surface area contributed by atoms with Gasteiger partial charge in [-0.2, -0.15) is 5.10 Å². The third kappa shape index (κ3) is 4.25. The number of piperidine rings is 1. The van der Waals surface area contributed by atoms with Crippen LogP contribution in [0.25, 0.3) is 22.6 Å². The predicted molar refractivity (Wildman–Crippen MR) is 134 cm³/mol. The number of rotatable bonds is 6. The number of carbonyl (C=O) groups is 1. The van der Waals surface area contributed by atoms with Gasteiger partial charge in [0, 0.05) is 35.6 Å². The molecule has 2 aliphatic rings. The molecule has 6 rings (SSSR count). The van der Waals surface area contributed by atoms with E-state index in [-0.39, 0.29) is 11.6 Å². The summed E-state index contributed by atoms with van der Waals surface area (Å²) in [5.74, 6) is -0.508. The van der Waals surface area contributed by atoms with E-state index in [2.05, 4.69) is 20.7 Å². The first-order valence-corrected chi connectivity index (χ1v) is 12.5. The molecule has 0 spiro atoms. The molecule has 4 heterocycles. The predicted octanol–water partition coefficient (Wildman–Crippen LogP) is 4.08. The number of fused-ring (bicyclic) bond motifs is 1. The molecule has 1 saturated heterocycles. The Hall–Kier alpha value is -3.79. The summed E-state index contributed by atoms with van der Waals surface area (Å²) in [5, 5.41) is 10.5. The van der Waals surface area contributed by atoms with E-state index >= 15 is 4.39 Å². The zero-order valence-corrected chi connectivity index (χ0v) is 20.7. The number of benzene rings is 1. The highest BCUT2D eigenvalue weighted by molar-refractivity contribution is 5.95. The van der Waals surface area contributed by atoms with Crippen LogP contribution in [-0.2, 0) is 5.67 Å². The topological polar surface area (TPSA) is 85.5 Å². The van der Waals surface area contributed by atoms with Crippen molar-refractivity contribution in [1.82, 2.24) is 29.8 Å². The number of pyridine rings is 1. The van der Waals surface area contributed by atoms with Crippen LogP contribution in [0.1, 0.15) is 47.2 Å². The molecule has 0 radical (unpaired) electrons. The molecular formula is C27H28F2N6O2.